The molecule has 2 amide bonds. The predicted octanol–water partition coefficient (Wildman–Crippen LogP) is 2.54. The molecule has 98 valence electrons. The Labute approximate surface area is 113 Å². The molecule has 1 aliphatic rings. The molecule has 6 heteroatoms. The number of hydrogen-bond donors (Lipinski definition) is 2. The summed E-state index contributed by atoms with van der Waals surface area (Å²) in [4.78, 5) is 13.6. The van der Waals surface area contributed by atoms with Crippen molar-refractivity contribution >= 4 is 27.6 Å². The second-order valence-corrected chi connectivity index (χ2v) is 5.32. The molecule has 18 heavy (non-hydrogen) atoms. The van der Waals surface area contributed by atoms with Crippen LogP contribution >= 0.6 is 15.9 Å². The van der Waals surface area contributed by atoms with Crippen LogP contribution in [0.3, 0.4) is 0 Å². The van der Waals surface area contributed by atoms with Crippen molar-refractivity contribution in [2.45, 2.75) is 18.9 Å². The van der Waals surface area contributed by atoms with E-state index in [0.717, 1.165) is 12.8 Å². The van der Waals surface area contributed by atoms with Gasteiger partial charge in [-0.1, -0.05) is 15.9 Å². The van der Waals surface area contributed by atoms with Crippen molar-refractivity contribution in [3.63, 3.8) is 0 Å². The highest BCUT2D eigenvalue weighted by Gasteiger charge is 2.21. The second kappa shape index (κ2) is 5.67. The number of carbonyl (C=O) groups is 1. The number of piperidine rings is 1. The van der Waals surface area contributed by atoms with Crippen LogP contribution in [0.2, 0.25) is 0 Å². The lowest BCUT2D eigenvalue weighted by Gasteiger charge is -2.30. The van der Waals surface area contributed by atoms with Crippen molar-refractivity contribution in [3.8, 4) is 0 Å². The first-order valence-corrected chi connectivity index (χ1v) is 6.62. The van der Waals surface area contributed by atoms with Gasteiger partial charge in [-0.15, -0.1) is 0 Å². The summed E-state index contributed by atoms with van der Waals surface area (Å²) < 4.78 is 14.2. The number of benzene rings is 1. The van der Waals surface area contributed by atoms with Gasteiger partial charge in [-0.3, -0.25) is 0 Å². The molecule has 1 saturated heterocycles. The number of carbonyl (C=O) groups excluding carboxylic acids is 1. The third-order valence-electron chi connectivity index (χ3n) is 2.92. The van der Waals surface area contributed by atoms with Gasteiger partial charge in [-0.05, 0) is 31.0 Å². The van der Waals surface area contributed by atoms with E-state index < -0.39 is 5.82 Å². The minimum atomic E-state index is -0.459. The van der Waals surface area contributed by atoms with Crippen LogP contribution in [0.1, 0.15) is 12.8 Å². The van der Waals surface area contributed by atoms with Gasteiger partial charge in [0.05, 0.1) is 5.69 Å². The highest BCUT2D eigenvalue weighted by atomic mass is 79.9. The fourth-order valence-corrected chi connectivity index (χ4v) is 2.31. The Kier molecular flexibility index (Phi) is 4.19. The van der Waals surface area contributed by atoms with Crippen molar-refractivity contribution < 1.29 is 9.18 Å². The molecule has 4 nitrogen and oxygen atoms in total. The second-order valence-electron chi connectivity index (χ2n) is 4.40. The van der Waals surface area contributed by atoms with Crippen molar-refractivity contribution in [3.05, 3.63) is 28.5 Å². The summed E-state index contributed by atoms with van der Waals surface area (Å²) in [5.41, 5.74) is 5.99. The van der Waals surface area contributed by atoms with Gasteiger partial charge in [0.25, 0.3) is 0 Å². The quantitative estimate of drug-likeness (QED) is 0.836. The van der Waals surface area contributed by atoms with E-state index in [2.05, 4.69) is 21.2 Å². The van der Waals surface area contributed by atoms with E-state index in [9.17, 15) is 9.18 Å². The van der Waals surface area contributed by atoms with E-state index in [1.165, 1.54) is 12.1 Å². The maximum absolute atomic E-state index is 13.6. The van der Waals surface area contributed by atoms with Crippen LogP contribution in [-0.4, -0.2) is 30.1 Å². The molecule has 1 aromatic carbocycles. The van der Waals surface area contributed by atoms with Gasteiger partial charge in [0, 0.05) is 23.6 Å². The van der Waals surface area contributed by atoms with Crippen LogP contribution in [0.4, 0.5) is 14.9 Å². The number of anilines is 1. The number of urea groups is 1. The lowest BCUT2D eigenvalue weighted by atomic mass is 10.1. The zero-order chi connectivity index (χ0) is 13.1. The number of hydrogen-bond acceptors (Lipinski definition) is 2. The maximum atomic E-state index is 13.6. The minimum absolute atomic E-state index is 0.0132. The van der Waals surface area contributed by atoms with Crippen molar-refractivity contribution in [1.29, 1.82) is 0 Å². The molecule has 1 fully saturated rings. The van der Waals surface area contributed by atoms with Gasteiger partial charge in [0.2, 0.25) is 0 Å². The standard InChI is InChI=1S/C12H15BrFN3O/c13-8-3-4-11(10(14)6-8)16-12(18)17-5-1-2-9(15)7-17/h3-4,6,9H,1-2,5,7,15H2,(H,16,18). The Morgan fingerprint density at radius 3 is 3.00 bits per heavy atom. The van der Waals surface area contributed by atoms with Crippen molar-refractivity contribution in [1.82, 2.24) is 4.90 Å². The van der Waals surface area contributed by atoms with Gasteiger partial charge < -0.3 is 16.0 Å². The van der Waals surface area contributed by atoms with Crippen LogP contribution in [0, 0.1) is 5.82 Å². The fraction of sp³-hybridized carbons (Fsp3) is 0.417. The number of rotatable bonds is 1. The molecule has 0 saturated carbocycles. The van der Waals surface area contributed by atoms with Crippen LogP contribution in [0.5, 0.6) is 0 Å². The SMILES string of the molecule is NC1CCCN(C(=O)Nc2ccc(Br)cc2F)C1. The average molecular weight is 316 g/mol. The summed E-state index contributed by atoms with van der Waals surface area (Å²) in [6, 6.07) is 4.24. The number of likely N-dealkylation sites (tertiary alicyclic amines) is 1. The molecule has 2 rings (SSSR count). The van der Waals surface area contributed by atoms with Gasteiger partial charge in [-0.25, -0.2) is 9.18 Å². The molecule has 1 aliphatic heterocycles. The van der Waals surface area contributed by atoms with Crippen LogP contribution in [-0.2, 0) is 0 Å². The Bertz CT molecular complexity index is 455. The van der Waals surface area contributed by atoms with Gasteiger partial charge in [-0.2, -0.15) is 0 Å². The maximum Gasteiger partial charge on any atom is 0.321 e. The van der Waals surface area contributed by atoms with E-state index in [0.29, 0.717) is 17.6 Å². The Balaban J connectivity index is 2.02. The summed E-state index contributed by atoms with van der Waals surface area (Å²) in [7, 11) is 0. The van der Waals surface area contributed by atoms with Gasteiger partial charge in [0.1, 0.15) is 5.82 Å². The number of halogens is 2. The number of nitrogens with one attached hydrogen (secondary N) is 1. The summed E-state index contributed by atoms with van der Waals surface area (Å²) >= 11 is 3.17. The van der Waals surface area contributed by atoms with E-state index >= 15 is 0 Å². The lowest BCUT2D eigenvalue weighted by molar-refractivity contribution is 0.193. The molecule has 0 aromatic heterocycles. The number of nitrogens with two attached hydrogens (primary N) is 1. The molecule has 0 radical (unpaired) electrons. The molecule has 1 unspecified atom stereocenters. The molecule has 3 N–H and O–H groups in total. The molecular weight excluding hydrogens is 301 g/mol. The Hall–Kier alpha value is -1.14. The third-order valence-corrected chi connectivity index (χ3v) is 3.41. The van der Waals surface area contributed by atoms with E-state index in [1.807, 2.05) is 0 Å². The average Bonchev–Trinajstić information content (AvgIpc) is 2.32. The number of nitrogens with zero attached hydrogens (tertiary/aromatic N) is 1. The van der Waals surface area contributed by atoms with E-state index in [1.54, 1.807) is 11.0 Å². The number of amides is 2. The lowest BCUT2D eigenvalue weighted by Crippen LogP contribution is -2.47. The molecule has 0 bridgehead atoms. The normalized spacial score (nSPS) is 19.7. The van der Waals surface area contributed by atoms with Crippen molar-refractivity contribution in [2.75, 3.05) is 18.4 Å². The fourth-order valence-electron chi connectivity index (χ4n) is 1.98. The van der Waals surface area contributed by atoms with Gasteiger partial charge in [0.15, 0.2) is 0 Å². The zero-order valence-electron chi connectivity index (χ0n) is 9.83. The Morgan fingerprint density at radius 1 is 1.56 bits per heavy atom. The van der Waals surface area contributed by atoms with Gasteiger partial charge >= 0.3 is 6.03 Å². The van der Waals surface area contributed by atoms with Crippen LogP contribution in [0.25, 0.3) is 0 Å². The topological polar surface area (TPSA) is 58.4 Å². The van der Waals surface area contributed by atoms with Crippen LogP contribution in [0.15, 0.2) is 22.7 Å². The van der Waals surface area contributed by atoms with E-state index in [4.69, 9.17) is 5.73 Å². The summed E-state index contributed by atoms with van der Waals surface area (Å²) in [5, 5.41) is 2.56. The summed E-state index contributed by atoms with van der Waals surface area (Å²) in [6.45, 7) is 1.18. The highest BCUT2D eigenvalue weighted by molar-refractivity contribution is 9.10. The first kappa shape index (κ1) is 13.3. The molecule has 1 heterocycles. The minimum Gasteiger partial charge on any atom is -0.326 e. The third kappa shape index (κ3) is 3.20. The zero-order valence-corrected chi connectivity index (χ0v) is 11.4. The first-order chi connectivity index (χ1) is 8.56. The van der Waals surface area contributed by atoms with Crippen LogP contribution < -0.4 is 11.1 Å². The molecule has 0 spiro atoms. The van der Waals surface area contributed by atoms with Crippen molar-refractivity contribution in [2.24, 2.45) is 5.73 Å². The smallest absolute Gasteiger partial charge is 0.321 e. The van der Waals surface area contributed by atoms with E-state index in [-0.39, 0.29) is 17.8 Å². The molecule has 0 aliphatic carbocycles. The Morgan fingerprint density at radius 2 is 2.33 bits per heavy atom. The molecule has 1 atom stereocenters. The largest absolute Gasteiger partial charge is 0.326 e. The summed E-state index contributed by atoms with van der Waals surface area (Å²) in [6.07, 6.45) is 1.81. The predicted molar refractivity (Wildman–Crippen MR) is 71.9 cm³/mol. The highest BCUT2D eigenvalue weighted by Crippen LogP contribution is 2.20. The first-order valence-electron chi connectivity index (χ1n) is 5.83. The summed E-state index contributed by atoms with van der Waals surface area (Å²) in [5.74, 6) is -0.459. The molecule has 1 aromatic rings. The monoisotopic (exact) mass is 315 g/mol. The molecular formula is C12H15BrFN3O.